The molecular formula is C16H26N2O6. The molecule has 0 bridgehead atoms. The summed E-state index contributed by atoms with van der Waals surface area (Å²) < 4.78 is 5.37. The molecule has 1 aliphatic heterocycles. The molecular weight excluding hydrogens is 316 g/mol. The molecule has 1 aliphatic rings. The number of hydrogen-bond acceptors (Lipinski definition) is 6. The van der Waals surface area contributed by atoms with E-state index in [1.807, 2.05) is 0 Å². The molecule has 136 valence electrons. The second-order valence-electron chi connectivity index (χ2n) is 6.04. The number of hydroxylamine groups is 2. The molecule has 0 aromatic carbocycles. The van der Waals surface area contributed by atoms with Crippen LogP contribution in [0.5, 0.6) is 0 Å². The van der Waals surface area contributed by atoms with Gasteiger partial charge in [-0.25, -0.2) is 4.79 Å². The molecule has 0 aromatic rings. The number of hydrogen-bond donors (Lipinski definition) is 1. The third kappa shape index (κ3) is 8.05. The lowest BCUT2D eigenvalue weighted by Gasteiger charge is -2.12. The monoisotopic (exact) mass is 342 g/mol. The van der Waals surface area contributed by atoms with Crippen LogP contribution in [-0.2, 0) is 28.8 Å². The van der Waals surface area contributed by atoms with E-state index in [0.29, 0.717) is 30.7 Å². The van der Waals surface area contributed by atoms with E-state index in [4.69, 9.17) is 9.57 Å². The largest absolute Gasteiger partial charge is 0.380 e. The van der Waals surface area contributed by atoms with Crippen LogP contribution >= 0.6 is 0 Å². The number of rotatable bonds is 11. The average molecular weight is 342 g/mol. The van der Waals surface area contributed by atoms with Crippen LogP contribution in [0.25, 0.3) is 0 Å². The zero-order valence-corrected chi connectivity index (χ0v) is 14.3. The molecule has 1 rings (SSSR count). The Hall–Kier alpha value is -1.96. The minimum Gasteiger partial charge on any atom is -0.380 e. The van der Waals surface area contributed by atoms with Crippen LogP contribution in [-0.4, -0.2) is 48.5 Å². The van der Waals surface area contributed by atoms with Gasteiger partial charge in [0.15, 0.2) is 0 Å². The van der Waals surface area contributed by atoms with Crippen molar-refractivity contribution < 1.29 is 28.8 Å². The lowest BCUT2D eigenvalue weighted by atomic mass is 10.1. The molecule has 8 nitrogen and oxygen atoms in total. The fourth-order valence-electron chi connectivity index (χ4n) is 1.97. The van der Waals surface area contributed by atoms with Crippen molar-refractivity contribution in [3.8, 4) is 0 Å². The first-order valence-corrected chi connectivity index (χ1v) is 8.31. The smallest absolute Gasteiger partial charge is 0.333 e. The van der Waals surface area contributed by atoms with Crippen LogP contribution < -0.4 is 5.32 Å². The minimum atomic E-state index is -0.691. The van der Waals surface area contributed by atoms with Crippen LogP contribution in [0.2, 0.25) is 0 Å². The fourth-order valence-corrected chi connectivity index (χ4v) is 1.97. The maximum atomic E-state index is 11.6. The summed E-state index contributed by atoms with van der Waals surface area (Å²) in [5, 5.41) is 3.21. The van der Waals surface area contributed by atoms with Crippen molar-refractivity contribution >= 4 is 23.7 Å². The first-order valence-electron chi connectivity index (χ1n) is 8.31. The number of carbonyl (C=O) groups excluding carboxylic acids is 4. The van der Waals surface area contributed by atoms with Gasteiger partial charge in [0.1, 0.15) is 0 Å². The highest BCUT2D eigenvalue weighted by atomic mass is 16.7. The zero-order chi connectivity index (χ0) is 17.9. The molecule has 1 fully saturated rings. The normalized spacial score (nSPS) is 14.4. The average Bonchev–Trinajstić information content (AvgIpc) is 2.82. The molecule has 0 radical (unpaired) electrons. The van der Waals surface area contributed by atoms with Gasteiger partial charge < -0.3 is 14.9 Å². The molecule has 0 saturated carbocycles. The van der Waals surface area contributed by atoms with Gasteiger partial charge in [0, 0.05) is 38.8 Å². The lowest BCUT2D eigenvalue weighted by molar-refractivity contribution is -0.197. The Morgan fingerprint density at radius 2 is 1.79 bits per heavy atom. The van der Waals surface area contributed by atoms with Crippen molar-refractivity contribution in [2.45, 2.75) is 52.4 Å². The highest BCUT2D eigenvalue weighted by Crippen LogP contribution is 2.13. The molecule has 0 unspecified atom stereocenters. The number of imide groups is 1. The van der Waals surface area contributed by atoms with E-state index in [-0.39, 0.29) is 38.0 Å². The third-order valence-electron chi connectivity index (χ3n) is 3.39. The molecule has 24 heavy (non-hydrogen) atoms. The van der Waals surface area contributed by atoms with Gasteiger partial charge in [-0.1, -0.05) is 13.8 Å². The van der Waals surface area contributed by atoms with Crippen molar-refractivity contribution in [2.75, 3.05) is 19.8 Å². The molecule has 0 atom stereocenters. The Morgan fingerprint density at radius 1 is 1.12 bits per heavy atom. The summed E-state index contributed by atoms with van der Waals surface area (Å²) in [7, 11) is 0. The Labute approximate surface area is 141 Å². The quantitative estimate of drug-likeness (QED) is 0.443. The Balaban J connectivity index is 2.03. The predicted molar refractivity (Wildman–Crippen MR) is 84.3 cm³/mol. The zero-order valence-electron chi connectivity index (χ0n) is 14.3. The van der Waals surface area contributed by atoms with Gasteiger partial charge in [-0.3, -0.25) is 14.4 Å². The Morgan fingerprint density at radius 3 is 2.42 bits per heavy atom. The van der Waals surface area contributed by atoms with E-state index in [2.05, 4.69) is 19.2 Å². The van der Waals surface area contributed by atoms with Crippen LogP contribution in [0.15, 0.2) is 0 Å². The third-order valence-corrected chi connectivity index (χ3v) is 3.39. The lowest BCUT2D eigenvalue weighted by Crippen LogP contribution is -2.32. The van der Waals surface area contributed by atoms with E-state index in [1.165, 1.54) is 0 Å². The molecule has 3 amide bonds. The van der Waals surface area contributed by atoms with Crippen LogP contribution in [0, 0.1) is 5.92 Å². The molecule has 0 spiro atoms. The van der Waals surface area contributed by atoms with E-state index in [0.717, 1.165) is 6.42 Å². The van der Waals surface area contributed by atoms with E-state index >= 15 is 0 Å². The SMILES string of the molecule is CC(C)CCOCCNC(=O)CCCC(=O)ON1C(=O)CCC1=O. The summed E-state index contributed by atoms with van der Waals surface area (Å²) in [6.07, 6.45) is 1.53. The Bertz CT molecular complexity index is 447. The highest BCUT2D eigenvalue weighted by molar-refractivity contribution is 6.01. The van der Waals surface area contributed by atoms with E-state index in [9.17, 15) is 19.2 Å². The molecule has 8 heteroatoms. The van der Waals surface area contributed by atoms with Gasteiger partial charge in [0.05, 0.1) is 6.61 Å². The van der Waals surface area contributed by atoms with Crippen LogP contribution in [0.1, 0.15) is 52.4 Å². The van der Waals surface area contributed by atoms with Gasteiger partial charge >= 0.3 is 5.97 Å². The molecule has 0 aromatic heterocycles. The maximum Gasteiger partial charge on any atom is 0.333 e. The number of nitrogens with zero attached hydrogens (tertiary/aromatic N) is 1. The van der Waals surface area contributed by atoms with Crippen LogP contribution in [0.3, 0.4) is 0 Å². The Kier molecular flexibility index (Phi) is 8.99. The number of nitrogens with one attached hydrogen (secondary N) is 1. The van der Waals surface area contributed by atoms with Crippen molar-refractivity contribution in [1.82, 2.24) is 10.4 Å². The maximum absolute atomic E-state index is 11.6. The second-order valence-corrected chi connectivity index (χ2v) is 6.04. The number of amides is 3. The van der Waals surface area contributed by atoms with Gasteiger partial charge in [-0.15, -0.1) is 5.06 Å². The summed E-state index contributed by atoms with van der Waals surface area (Å²) in [6, 6.07) is 0. The van der Waals surface area contributed by atoms with E-state index in [1.54, 1.807) is 0 Å². The standard InChI is InChI=1S/C16H26N2O6/c1-12(2)8-10-23-11-9-17-13(19)4-3-5-16(22)24-18-14(20)6-7-15(18)21/h12H,3-11H2,1-2H3,(H,17,19). The molecule has 1 N–H and O–H groups in total. The fraction of sp³-hybridized carbons (Fsp3) is 0.750. The van der Waals surface area contributed by atoms with Crippen molar-refractivity contribution in [3.63, 3.8) is 0 Å². The topological polar surface area (TPSA) is 102 Å². The summed E-state index contributed by atoms with van der Waals surface area (Å²) in [6.45, 7) is 5.79. The van der Waals surface area contributed by atoms with Crippen LogP contribution in [0.4, 0.5) is 0 Å². The van der Waals surface area contributed by atoms with Gasteiger partial charge in [-0.05, 0) is 18.8 Å². The van der Waals surface area contributed by atoms with Gasteiger partial charge in [0.2, 0.25) is 5.91 Å². The summed E-state index contributed by atoms with van der Waals surface area (Å²) >= 11 is 0. The number of carbonyl (C=O) groups is 4. The van der Waals surface area contributed by atoms with Gasteiger partial charge in [-0.2, -0.15) is 0 Å². The van der Waals surface area contributed by atoms with Crippen molar-refractivity contribution in [3.05, 3.63) is 0 Å². The minimum absolute atomic E-state index is 0.0324. The number of ether oxygens (including phenoxy) is 1. The van der Waals surface area contributed by atoms with Crippen molar-refractivity contribution in [1.29, 1.82) is 0 Å². The summed E-state index contributed by atoms with van der Waals surface area (Å²) in [4.78, 5) is 50.4. The van der Waals surface area contributed by atoms with Gasteiger partial charge in [0.25, 0.3) is 11.8 Å². The second kappa shape index (κ2) is 10.7. The highest BCUT2D eigenvalue weighted by Gasteiger charge is 2.32. The first kappa shape index (κ1) is 20.1. The summed E-state index contributed by atoms with van der Waals surface area (Å²) in [5.74, 6) is -1.30. The predicted octanol–water partition coefficient (Wildman–Crippen LogP) is 0.943. The van der Waals surface area contributed by atoms with Crippen molar-refractivity contribution in [2.24, 2.45) is 5.92 Å². The van der Waals surface area contributed by atoms with E-state index < -0.39 is 17.8 Å². The molecule has 0 aliphatic carbocycles. The first-order chi connectivity index (χ1) is 11.4. The summed E-state index contributed by atoms with van der Waals surface area (Å²) in [5.41, 5.74) is 0. The molecule has 1 saturated heterocycles. The molecule has 1 heterocycles.